The number of aryl methyl sites for hydroxylation is 1. The van der Waals surface area contributed by atoms with Gasteiger partial charge in [-0.3, -0.25) is 4.79 Å². The molecule has 0 bridgehead atoms. The molecule has 0 heterocycles. The number of benzene rings is 1. The lowest BCUT2D eigenvalue weighted by Crippen LogP contribution is -1.96. The van der Waals surface area contributed by atoms with Crippen LogP contribution in [0.4, 0.5) is 8.78 Å². The molecule has 0 aliphatic carbocycles. The molecule has 1 aromatic carbocycles. The zero-order valence-electron chi connectivity index (χ0n) is 11.1. The van der Waals surface area contributed by atoms with Crippen LogP contribution >= 0.6 is 0 Å². The fraction of sp³-hybridized carbons (Fsp3) is 0.400. The molecule has 1 N–H and O–H groups in total. The number of allylic oxidation sites excluding steroid dienone is 2. The Morgan fingerprint density at radius 3 is 2.63 bits per heavy atom. The van der Waals surface area contributed by atoms with Crippen LogP contribution in [-0.2, 0) is 4.79 Å². The maximum absolute atomic E-state index is 12.2. The molecule has 0 aliphatic heterocycles. The monoisotopic (exact) mass is 268 g/mol. The summed E-state index contributed by atoms with van der Waals surface area (Å²) >= 11 is 0. The smallest absolute Gasteiger partial charge is 0.238 e. The number of hydrogen-bond donors (Lipinski definition) is 1. The van der Waals surface area contributed by atoms with Crippen LogP contribution in [0.1, 0.15) is 37.3 Å². The van der Waals surface area contributed by atoms with Crippen molar-refractivity contribution in [3.05, 3.63) is 35.4 Å². The van der Waals surface area contributed by atoms with Crippen LogP contribution < -0.4 is 0 Å². The first-order valence-electron chi connectivity index (χ1n) is 6.19. The summed E-state index contributed by atoms with van der Waals surface area (Å²) in [6.45, 7) is 3.25. The van der Waals surface area contributed by atoms with Gasteiger partial charge in [0.1, 0.15) is 5.75 Å². The van der Waals surface area contributed by atoms with Crippen molar-refractivity contribution < 1.29 is 18.7 Å². The number of alkyl halides is 2. The van der Waals surface area contributed by atoms with Crippen LogP contribution in [0.2, 0.25) is 0 Å². The molecule has 0 unspecified atom stereocenters. The van der Waals surface area contributed by atoms with Gasteiger partial charge in [0.15, 0.2) is 5.78 Å². The van der Waals surface area contributed by atoms with E-state index in [0.717, 1.165) is 16.7 Å². The molecule has 0 saturated heterocycles. The van der Waals surface area contributed by atoms with Gasteiger partial charge in [-0.2, -0.15) is 0 Å². The summed E-state index contributed by atoms with van der Waals surface area (Å²) in [5, 5.41) is 9.36. The number of rotatable bonds is 6. The molecule has 104 valence electrons. The Labute approximate surface area is 111 Å². The molecule has 1 rings (SSSR count). The Bertz CT molecular complexity index is 479. The normalized spacial score (nSPS) is 11.9. The van der Waals surface area contributed by atoms with Gasteiger partial charge in [-0.1, -0.05) is 6.07 Å². The molecule has 0 radical (unpaired) electrons. The second-order valence-corrected chi connectivity index (χ2v) is 4.56. The van der Waals surface area contributed by atoms with Crippen LogP contribution in [0.25, 0.3) is 5.57 Å². The predicted molar refractivity (Wildman–Crippen MR) is 71.4 cm³/mol. The fourth-order valence-electron chi connectivity index (χ4n) is 1.98. The number of phenols is 1. The summed E-state index contributed by atoms with van der Waals surface area (Å²) in [5.74, 6) is 0.0375. The van der Waals surface area contributed by atoms with E-state index in [0.29, 0.717) is 12.8 Å². The van der Waals surface area contributed by atoms with E-state index in [-0.39, 0.29) is 18.0 Å². The summed E-state index contributed by atoms with van der Waals surface area (Å²) in [4.78, 5) is 11.2. The van der Waals surface area contributed by atoms with Crippen molar-refractivity contribution in [2.24, 2.45) is 0 Å². The molecule has 0 aromatic heterocycles. The molecule has 0 amide bonds. The van der Waals surface area contributed by atoms with Gasteiger partial charge in [0.2, 0.25) is 6.43 Å². The highest BCUT2D eigenvalue weighted by molar-refractivity contribution is 5.95. The molecular weight excluding hydrogens is 250 g/mol. The SMILES string of the molecule is CC(=O)/C=C(/CCCC(F)F)c1ccc(O)cc1C. The Morgan fingerprint density at radius 2 is 2.11 bits per heavy atom. The molecule has 0 spiro atoms. The first kappa shape index (κ1) is 15.3. The van der Waals surface area contributed by atoms with Gasteiger partial charge < -0.3 is 5.11 Å². The zero-order valence-corrected chi connectivity index (χ0v) is 11.1. The topological polar surface area (TPSA) is 37.3 Å². The Kier molecular flexibility index (Phi) is 5.67. The summed E-state index contributed by atoms with van der Waals surface area (Å²) in [6, 6.07) is 4.83. The highest BCUT2D eigenvalue weighted by atomic mass is 19.3. The van der Waals surface area contributed by atoms with Crippen molar-refractivity contribution in [3.8, 4) is 5.75 Å². The number of carbonyl (C=O) groups is 1. The van der Waals surface area contributed by atoms with Crippen molar-refractivity contribution >= 4 is 11.4 Å². The maximum atomic E-state index is 12.2. The van der Waals surface area contributed by atoms with E-state index in [1.165, 1.54) is 19.1 Å². The lowest BCUT2D eigenvalue weighted by molar-refractivity contribution is -0.112. The van der Waals surface area contributed by atoms with Crippen LogP contribution in [0.5, 0.6) is 5.75 Å². The van der Waals surface area contributed by atoms with E-state index >= 15 is 0 Å². The molecular formula is C15H18F2O2. The minimum Gasteiger partial charge on any atom is -0.508 e. The predicted octanol–water partition coefficient (Wildman–Crippen LogP) is 4.11. The number of halogens is 2. The van der Waals surface area contributed by atoms with E-state index in [1.807, 2.05) is 6.92 Å². The van der Waals surface area contributed by atoms with Gasteiger partial charge in [-0.05, 0) is 61.6 Å². The number of aromatic hydroxyl groups is 1. The van der Waals surface area contributed by atoms with E-state index in [4.69, 9.17) is 0 Å². The largest absolute Gasteiger partial charge is 0.508 e. The molecule has 0 aliphatic rings. The standard InChI is InChI=1S/C15H18F2O2/c1-10-8-13(19)6-7-14(10)12(9-11(2)18)4-3-5-15(16)17/h6-9,15,19H,3-5H2,1-2H3/b12-9-. The zero-order chi connectivity index (χ0) is 14.4. The third kappa shape index (κ3) is 5.20. The Hall–Kier alpha value is -1.71. The molecule has 0 saturated carbocycles. The molecule has 4 heteroatoms. The number of ketones is 1. The van der Waals surface area contributed by atoms with Crippen molar-refractivity contribution in [2.45, 2.75) is 39.5 Å². The molecule has 19 heavy (non-hydrogen) atoms. The lowest BCUT2D eigenvalue weighted by Gasteiger charge is -2.11. The van der Waals surface area contributed by atoms with Crippen LogP contribution in [0.15, 0.2) is 24.3 Å². The fourth-order valence-corrected chi connectivity index (χ4v) is 1.98. The van der Waals surface area contributed by atoms with Crippen LogP contribution in [-0.4, -0.2) is 17.3 Å². The third-order valence-corrected chi connectivity index (χ3v) is 2.80. The Balaban J connectivity index is 2.94. The highest BCUT2D eigenvalue weighted by Gasteiger charge is 2.09. The maximum Gasteiger partial charge on any atom is 0.238 e. The molecule has 0 atom stereocenters. The van der Waals surface area contributed by atoms with E-state index in [9.17, 15) is 18.7 Å². The summed E-state index contributed by atoms with van der Waals surface area (Å²) in [5.41, 5.74) is 2.39. The summed E-state index contributed by atoms with van der Waals surface area (Å²) < 4.78 is 24.3. The lowest BCUT2D eigenvalue weighted by atomic mass is 9.95. The minimum atomic E-state index is -2.32. The van der Waals surface area contributed by atoms with Crippen molar-refractivity contribution in [1.82, 2.24) is 0 Å². The van der Waals surface area contributed by atoms with Gasteiger partial charge >= 0.3 is 0 Å². The van der Waals surface area contributed by atoms with Crippen molar-refractivity contribution in [3.63, 3.8) is 0 Å². The molecule has 0 fully saturated rings. The Morgan fingerprint density at radius 1 is 1.42 bits per heavy atom. The quantitative estimate of drug-likeness (QED) is 0.788. The average molecular weight is 268 g/mol. The van der Waals surface area contributed by atoms with Gasteiger partial charge in [0.05, 0.1) is 0 Å². The summed E-state index contributed by atoms with van der Waals surface area (Å²) in [7, 11) is 0. The first-order chi connectivity index (χ1) is 8.90. The second-order valence-electron chi connectivity index (χ2n) is 4.56. The third-order valence-electron chi connectivity index (χ3n) is 2.80. The number of phenolic OH excluding ortho intramolecular Hbond substituents is 1. The van der Waals surface area contributed by atoms with Gasteiger partial charge in [-0.25, -0.2) is 8.78 Å². The second kappa shape index (κ2) is 7.02. The van der Waals surface area contributed by atoms with Crippen molar-refractivity contribution in [1.29, 1.82) is 0 Å². The van der Waals surface area contributed by atoms with Gasteiger partial charge in [-0.15, -0.1) is 0 Å². The van der Waals surface area contributed by atoms with E-state index < -0.39 is 6.43 Å². The number of carbonyl (C=O) groups excluding carboxylic acids is 1. The summed E-state index contributed by atoms with van der Waals surface area (Å²) in [6.07, 6.45) is -0.261. The first-order valence-corrected chi connectivity index (χ1v) is 6.19. The van der Waals surface area contributed by atoms with Crippen molar-refractivity contribution in [2.75, 3.05) is 0 Å². The number of hydrogen-bond acceptors (Lipinski definition) is 2. The minimum absolute atomic E-state index is 0.112. The van der Waals surface area contributed by atoms with E-state index in [1.54, 1.807) is 12.1 Å². The van der Waals surface area contributed by atoms with E-state index in [2.05, 4.69) is 0 Å². The molecule has 1 aromatic rings. The average Bonchev–Trinajstić information content (AvgIpc) is 2.26. The highest BCUT2D eigenvalue weighted by Crippen LogP contribution is 2.27. The van der Waals surface area contributed by atoms with Crippen LogP contribution in [0, 0.1) is 6.92 Å². The molecule has 2 nitrogen and oxygen atoms in total. The van der Waals surface area contributed by atoms with Crippen LogP contribution in [0.3, 0.4) is 0 Å². The van der Waals surface area contributed by atoms with Gasteiger partial charge in [0, 0.05) is 6.42 Å². The van der Waals surface area contributed by atoms with Gasteiger partial charge in [0.25, 0.3) is 0 Å².